The second kappa shape index (κ2) is 4.20. The molecule has 1 aromatic carbocycles. The van der Waals surface area contributed by atoms with Gasteiger partial charge in [0.15, 0.2) is 0 Å². The zero-order valence-corrected chi connectivity index (χ0v) is 11.4. The molecule has 0 spiro atoms. The summed E-state index contributed by atoms with van der Waals surface area (Å²) in [5.74, 6) is 0. The second-order valence-electron chi connectivity index (χ2n) is 2.72. The Morgan fingerprint density at radius 3 is 2.79 bits per heavy atom. The van der Waals surface area contributed by atoms with Crippen LogP contribution in [0.4, 0.5) is 0 Å². The molecule has 14 heavy (non-hydrogen) atoms. The summed E-state index contributed by atoms with van der Waals surface area (Å²) >= 11 is 11.7. The lowest BCUT2D eigenvalue weighted by molar-refractivity contribution is 1.10. The highest BCUT2D eigenvalue weighted by Gasteiger charge is 2.08. The van der Waals surface area contributed by atoms with Gasteiger partial charge in [0.05, 0.1) is 20.5 Å². The Morgan fingerprint density at radius 1 is 1.43 bits per heavy atom. The van der Waals surface area contributed by atoms with E-state index in [0.717, 1.165) is 19.3 Å². The molecule has 0 unspecified atom stereocenters. The van der Waals surface area contributed by atoms with Gasteiger partial charge in [-0.25, -0.2) is 0 Å². The highest BCUT2D eigenvalue weighted by atomic mass is 127. The van der Waals surface area contributed by atoms with Gasteiger partial charge in [-0.3, -0.25) is 5.10 Å². The Kier molecular flexibility index (Phi) is 3.14. The molecule has 0 radical (unpaired) electrons. The number of hydrogen-bond acceptors (Lipinski definition) is 1. The Bertz CT molecular complexity index is 470. The van der Waals surface area contributed by atoms with Gasteiger partial charge >= 0.3 is 0 Å². The second-order valence-corrected chi connectivity index (χ2v) is 5.20. The summed E-state index contributed by atoms with van der Waals surface area (Å²) in [6.45, 7) is 0. The number of aromatic amines is 1. The van der Waals surface area contributed by atoms with Crippen LogP contribution in [-0.2, 0) is 0 Å². The molecule has 0 amide bonds. The first-order valence-corrected chi connectivity index (χ1v) is 6.08. The van der Waals surface area contributed by atoms with Crippen molar-refractivity contribution in [2.45, 2.75) is 0 Å². The van der Waals surface area contributed by atoms with Crippen LogP contribution in [0.5, 0.6) is 0 Å². The fraction of sp³-hybridized carbons (Fsp3) is 0. The maximum absolute atomic E-state index is 6.11. The molecular formula is C9H5BrClIN2. The number of hydrogen-bond donors (Lipinski definition) is 1. The Balaban J connectivity index is 2.58. The van der Waals surface area contributed by atoms with Gasteiger partial charge in [-0.2, -0.15) is 5.10 Å². The fourth-order valence-corrected chi connectivity index (χ4v) is 2.47. The number of nitrogens with zero attached hydrogens (tertiary/aromatic N) is 1. The lowest BCUT2D eigenvalue weighted by atomic mass is 10.1. The van der Waals surface area contributed by atoms with Crippen molar-refractivity contribution in [2.75, 3.05) is 0 Å². The summed E-state index contributed by atoms with van der Waals surface area (Å²) in [6, 6.07) is 5.79. The zero-order chi connectivity index (χ0) is 10.1. The summed E-state index contributed by atoms with van der Waals surface area (Å²) in [5, 5.41) is 7.59. The van der Waals surface area contributed by atoms with Crippen LogP contribution >= 0.6 is 50.1 Å². The molecule has 1 aromatic heterocycles. The summed E-state index contributed by atoms with van der Waals surface area (Å²) in [5.41, 5.74) is 1.93. The van der Waals surface area contributed by atoms with E-state index in [2.05, 4.69) is 48.7 Å². The molecule has 1 N–H and O–H groups in total. The number of nitrogens with one attached hydrogen (secondary N) is 1. The van der Waals surface area contributed by atoms with Crippen molar-refractivity contribution in [1.82, 2.24) is 10.2 Å². The van der Waals surface area contributed by atoms with Crippen LogP contribution in [0.2, 0.25) is 5.02 Å². The van der Waals surface area contributed by atoms with Crippen molar-refractivity contribution in [1.29, 1.82) is 0 Å². The van der Waals surface area contributed by atoms with Crippen LogP contribution in [0.1, 0.15) is 0 Å². The van der Waals surface area contributed by atoms with Crippen LogP contribution in [0.15, 0.2) is 28.9 Å². The quantitative estimate of drug-likeness (QED) is 0.738. The van der Waals surface area contributed by atoms with Gasteiger partial charge in [0.1, 0.15) is 0 Å². The van der Waals surface area contributed by atoms with Gasteiger partial charge in [-0.1, -0.05) is 33.6 Å². The number of rotatable bonds is 1. The molecule has 0 atom stereocenters. The molecule has 0 aliphatic carbocycles. The standard InChI is InChI=1S/C9H5BrClIN2/c10-5-1-2-6(7(11)3-5)9-8(12)4-13-14-9/h1-4H,(H,13,14). The lowest BCUT2D eigenvalue weighted by Crippen LogP contribution is -1.82. The van der Waals surface area contributed by atoms with E-state index in [4.69, 9.17) is 11.6 Å². The largest absolute Gasteiger partial charge is 0.277 e. The van der Waals surface area contributed by atoms with Gasteiger partial charge < -0.3 is 0 Å². The number of benzene rings is 1. The van der Waals surface area contributed by atoms with E-state index in [9.17, 15) is 0 Å². The molecule has 2 nitrogen and oxygen atoms in total. The maximum atomic E-state index is 6.11. The van der Waals surface area contributed by atoms with E-state index >= 15 is 0 Å². The lowest BCUT2D eigenvalue weighted by Gasteiger charge is -2.02. The summed E-state index contributed by atoms with van der Waals surface area (Å²) < 4.78 is 2.03. The normalized spacial score (nSPS) is 10.5. The first kappa shape index (κ1) is 10.4. The maximum Gasteiger partial charge on any atom is 0.0798 e. The highest BCUT2D eigenvalue weighted by molar-refractivity contribution is 14.1. The molecule has 0 saturated carbocycles. The van der Waals surface area contributed by atoms with Crippen molar-refractivity contribution >= 4 is 50.1 Å². The van der Waals surface area contributed by atoms with Crippen LogP contribution in [0.3, 0.4) is 0 Å². The van der Waals surface area contributed by atoms with Crippen LogP contribution < -0.4 is 0 Å². The third kappa shape index (κ3) is 1.97. The average molecular weight is 383 g/mol. The van der Waals surface area contributed by atoms with Gasteiger partial charge in [0.25, 0.3) is 0 Å². The average Bonchev–Trinajstić information content (AvgIpc) is 2.52. The Morgan fingerprint density at radius 2 is 2.21 bits per heavy atom. The molecule has 0 aliphatic heterocycles. The number of aromatic nitrogens is 2. The number of halogens is 3. The Hall–Kier alpha value is -0.0700. The molecule has 0 saturated heterocycles. The molecule has 1 heterocycles. The predicted molar refractivity (Wildman–Crippen MR) is 69.5 cm³/mol. The van der Waals surface area contributed by atoms with Crippen LogP contribution in [0, 0.1) is 3.57 Å². The topological polar surface area (TPSA) is 28.7 Å². The molecule has 2 aromatic rings. The minimum Gasteiger partial charge on any atom is -0.277 e. The fourth-order valence-electron chi connectivity index (χ4n) is 1.15. The molecule has 0 fully saturated rings. The van der Waals surface area contributed by atoms with E-state index < -0.39 is 0 Å². The van der Waals surface area contributed by atoms with Crippen LogP contribution in [0.25, 0.3) is 11.3 Å². The number of H-pyrrole nitrogens is 1. The Labute approximate surface area is 108 Å². The van der Waals surface area contributed by atoms with Crippen molar-refractivity contribution in [3.8, 4) is 11.3 Å². The predicted octanol–water partition coefficient (Wildman–Crippen LogP) is 4.10. The van der Waals surface area contributed by atoms with Crippen molar-refractivity contribution in [2.24, 2.45) is 0 Å². The first-order chi connectivity index (χ1) is 6.68. The summed E-state index contributed by atoms with van der Waals surface area (Å²) in [4.78, 5) is 0. The van der Waals surface area contributed by atoms with E-state index in [1.54, 1.807) is 6.20 Å². The molecule has 0 bridgehead atoms. The van der Waals surface area contributed by atoms with Crippen molar-refractivity contribution in [3.63, 3.8) is 0 Å². The van der Waals surface area contributed by atoms with Gasteiger partial charge in [0, 0.05) is 10.0 Å². The minimum atomic E-state index is 0.710. The van der Waals surface area contributed by atoms with Crippen molar-refractivity contribution < 1.29 is 0 Å². The van der Waals surface area contributed by atoms with E-state index in [-0.39, 0.29) is 0 Å². The van der Waals surface area contributed by atoms with Crippen molar-refractivity contribution in [3.05, 3.63) is 37.5 Å². The first-order valence-electron chi connectivity index (χ1n) is 3.83. The van der Waals surface area contributed by atoms with E-state index in [1.165, 1.54) is 0 Å². The zero-order valence-electron chi connectivity index (χ0n) is 6.89. The summed E-state index contributed by atoms with van der Waals surface area (Å²) in [6.07, 6.45) is 1.77. The molecule has 72 valence electrons. The van der Waals surface area contributed by atoms with Gasteiger partial charge in [0.2, 0.25) is 0 Å². The van der Waals surface area contributed by atoms with E-state index in [1.807, 2.05) is 18.2 Å². The van der Waals surface area contributed by atoms with Crippen LogP contribution in [-0.4, -0.2) is 10.2 Å². The SMILES string of the molecule is Clc1cc(Br)ccc1-c1[nH]ncc1I. The third-order valence-electron chi connectivity index (χ3n) is 1.79. The molecule has 0 aliphatic rings. The highest BCUT2D eigenvalue weighted by Crippen LogP contribution is 2.31. The third-order valence-corrected chi connectivity index (χ3v) is 3.42. The minimum absolute atomic E-state index is 0.710. The van der Waals surface area contributed by atoms with Gasteiger partial charge in [-0.05, 0) is 34.7 Å². The van der Waals surface area contributed by atoms with E-state index in [0.29, 0.717) is 5.02 Å². The molecule has 2 rings (SSSR count). The molecule has 5 heteroatoms. The van der Waals surface area contributed by atoms with Gasteiger partial charge in [-0.15, -0.1) is 0 Å². The monoisotopic (exact) mass is 382 g/mol. The summed E-state index contributed by atoms with van der Waals surface area (Å²) in [7, 11) is 0. The smallest absolute Gasteiger partial charge is 0.0798 e. The molecular weight excluding hydrogens is 378 g/mol.